The molecule has 5 heteroatoms. The molecule has 0 amide bonds. The van der Waals surface area contributed by atoms with Crippen LogP contribution in [-0.2, 0) is 11.3 Å². The largest absolute Gasteiger partial charge is 0.455 e. The lowest BCUT2D eigenvalue weighted by atomic mass is 10.1. The highest BCUT2D eigenvalue weighted by Gasteiger charge is 2.15. The van der Waals surface area contributed by atoms with Crippen molar-refractivity contribution >= 4 is 23.0 Å². The minimum Gasteiger partial charge on any atom is -0.455 e. The summed E-state index contributed by atoms with van der Waals surface area (Å²) in [5.74, 6) is -0.402. The van der Waals surface area contributed by atoms with Crippen LogP contribution < -0.4 is 5.73 Å². The Kier molecular flexibility index (Phi) is 3.85. The standard InChI is InChI=1S/C14H16N2O2S/c1-8-5-4-6-11(15)13(8)14(17)18-7-12-16-9(2)10(3)19-12/h4-6H,7,15H2,1-3H3. The third kappa shape index (κ3) is 2.93. The van der Waals surface area contributed by atoms with E-state index < -0.39 is 5.97 Å². The second-order valence-corrected chi connectivity index (χ2v) is 5.65. The van der Waals surface area contributed by atoms with Crippen LogP contribution in [-0.4, -0.2) is 11.0 Å². The van der Waals surface area contributed by atoms with E-state index in [0.717, 1.165) is 21.1 Å². The SMILES string of the molecule is Cc1cccc(N)c1C(=O)OCc1nc(C)c(C)s1. The van der Waals surface area contributed by atoms with Crippen LogP contribution >= 0.6 is 11.3 Å². The predicted octanol–water partition coefficient (Wildman–Crippen LogP) is 3.01. The molecule has 4 nitrogen and oxygen atoms in total. The lowest BCUT2D eigenvalue weighted by Crippen LogP contribution is -2.10. The molecule has 0 atom stereocenters. The van der Waals surface area contributed by atoms with E-state index in [9.17, 15) is 4.79 Å². The highest BCUT2D eigenvalue weighted by atomic mass is 32.1. The number of carbonyl (C=O) groups excluding carboxylic acids is 1. The minimum atomic E-state index is -0.402. The van der Waals surface area contributed by atoms with Gasteiger partial charge in [0.25, 0.3) is 0 Å². The van der Waals surface area contributed by atoms with Gasteiger partial charge < -0.3 is 10.5 Å². The fourth-order valence-electron chi connectivity index (χ4n) is 1.77. The fourth-order valence-corrected chi connectivity index (χ4v) is 2.62. The second kappa shape index (κ2) is 5.40. The van der Waals surface area contributed by atoms with Gasteiger partial charge in [-0.05, 0) is 32.4 Å². The number of hydrogen-bond donors (Lipinski definition) is 1. The van der Waals surface area contributed by atoms with Crippen molar-refractivity contribution in [1.29, 1.82) is 0 Å². The van der Waals surface area contributed by atoms with E-state index in [1.54, 1.807) is 17.4 Å². The molecule has 0 radical (unpaired) electrons. The van der Waals surface area contributed by atoms with E-state index >= 15 is 0 Å². The van der Waals surface area contributed by atoms with Crippen LogP contribution in [0.15, 0.2) is 18.2 Å². The zero-order valence-corrected chi connectivity index (χ0v) is 12.0. The number of ether oxygens (including phenoxy) is 1. The summed E-state index contributed by atoms with van der Waals surface area (Å²) in [6, 6.07) is 5.35. The quantitative estimate of drug-likeness (QED) is 0.691. The Labute approximate surface area is 116 Å². The first-order chi connectivity index (χ1) is 8.99. The number of hydrogen-bond acceptors (Lipinski definition) is 5. The van der Waals surface area contributed by atoms with Crippen LogP contribution in [0.3, 0.4) is 0 Å². The number of nitrogen functional groups attached to an aromatic ring is 1. The number of thiazole rings is 1. The number of anilines is 1. The molecule has 0 unspecified atom stereocenters. The van der Waals surface area contributed by atoms with E-state index in [4.69, 9.17) is 10.5 Å². The van der Waals surface area contributed by atoms with E-state index in [1.807, 2.05) is 32.9 Å². The number of rotatable bonds is 3. The summed E-state index contributed by atoms with van der Waals surface area (Å²) in [6.07, 6.45) is 0. The van der Waals surface area contributed by atoms with Gasteiger partial charge in [-0.2, -0.15) is 0 Å². The Morgan fingerprint density at radius 2 is 2.11 bits per heavy atom. The molecular formula is C14H16N2O2S. The molecule has 19 heavy (non-hydrogen) atoms. The van der Waals surface area contributed by atoms with E-state index in [1.165, 1.54) is 0 Å². The van der Waals surface area contributed by atoms with Crippen molar-refractivity contribution in [3.8, 4) is 0 Å². The molecule has 1 aromatic carbocycles. The molecule has 0 aliphatic carbocycles. The molecule has 0 saturated carbocycles. The van der Waals surface area contributed by atoms with Crippen molar-refractivity contribution in [2.45, 2.75) is 27.4 Å². The summed E-state index contributed by atoms with van der Waals surface area (Å²) in [7, 11) is 0. The van der Waals surface area contributed by atoms with Gasteiger partial charge in [0.1, 0.15) is 11.6 Å². The third-order valence-electron chi connectivity index (χ3n) is 2.91. The Hall–Kier alpha value is -1.88. The maximum absolute atomic E-state index is 12.0. The molecule has 0 fully saturated rings. The van der Waals surface area contributed by atoms with Crippen molar-refractivity contribution < 1.29 is 9.53 Å². The molecule has 0 aliphatic heterocycles. The van der Waals surface area contributed by atoms with E-state index in [2.05, 4.69) is 4.98 Å². The fraction of sp³-hybridized carbons (Fsp3) is 0.286. The van der Waals surface area contributed by atoms with Gasteiger partial charge in [0.15, 0.2) is 0 Å². The minimum absolute atomic E-state index is 0.186. The van der Waals surface area contributed by atoms with Gasteiger partial charge in [0, 0.05) is 10.6 Å². The summed E-state index contributed by atoms with van der Waals surface area (Å²) in [6.45, 7) is 5.96. The number of benzene rings is 1. The predicted molar refractivity (Wildman–Crippen MR) is 76.3 cm³/mol. The Morgan fingerprint density at radius 1 is 1.37 bits per heavy atom. The number of esters is 1. The summed E-state index contributed by atoms with van der Waals surface area (Å²) < 4.78 is 5.27. The smallest absolute Gasteiger partial charge is 0.340 e. The van der Waals surface area contributed by atoms with Gasteiger partial charge >= 0.3 is 5.97 Å². The summed E-state index contributed by atoms with van der Waals surface area (Å²) >= 11 is 1.54. The maximum Gasteiger partial charge on any atom is 0.340 e. The van der Waals surface area contributed by atoms with Crippen LogP contribution in [0.4, 0.5) is 5.69 Å². The average Bonchev–Trinajstić information content (AvgIpc) is 2.66. The molecule has 0 saturated heterocycles. The lowest BCUT2D eigenvalue weighted by Gasteiger charge is -2.08. The van der Waals surface area contributed by atoms with Gasteiger partial charge in [0.2, 0.25) is 0 Å². The van der Waals surface area contributed by atoms with Crippen molar-refractivity contribution in [2.24, 2.45) is 0 Å². The molecule has 1 heterocycles. The first kappa shape index (κ1) is 13.5. The van der Waals surface area contributed by atoms with Gasteiger partial charge in [-0.15, -0.1) is 11.3 Å². The van der Waals surface area contributed by atoms with Crippen LogP contribution in [0.5, 0.6) is 0 Å². The first-order valence-electron chi connectivity index (χ1n) is 5.94. The molecule has 0 aliphatic rings. The summed E-state index contributed by atoms with van der Waals surface area (Å²) in [5, 5.41) is 0.801. The maximum atomic E-state index is 12.0. The molecule has 0 spiro atoms. The molecule has 100 valence electrons. The van der Waals surface area contributed by atoms with Crippen molar-refractivity contribution in [3.05, 3.63) is 44.9 Å². The average molecular weight is 276 g/mol. The van der Waals surface area contributed by atoms with Gasteiger partial charge in [0.05, 0.1) is 11.3 Å². The highest BCUT2D eigenvalue weighted by Crippen LogP contribution is 2.20. The van der Waals surface area contributed by atoms with Crippen LogP contribution in [0.1, 0.15) is 31.5 Å². The first-order valence-corrected chi connectivity index (χ1v) is 6.76. The molecule has 2 aromatic rings. The highest BCUT2D eigenvalue weighted by molar-refractivity contribution is 7.11. The summed E-state index contributed by atoms with van der Waals surface area (Å²) in [5.41, 5.74) is 8.48. The number of nitrogens with two attached hydrogens (primary N) is 1. The lowest BCUT2D eigenvalue weighted by molar-refractivity contribution is 0.0472. The van der Waals surface area contributed by atoms with Crippen LogP contribution in [0.25, 0.3) is 0 Å². The summed E-state index contributed by atoms with van der Waals surface area (Å²) in [4.78, 5) is 17.5. The number of aromatic nitrogens is 1. The van der Waals surface area contributed by atoms with E-state index in [0.29, 0.717) is 11.3 Å². The Balaban J connectivity index is 2.09. The number of aryl methyl sites for hydroxylation is 3. The molecule has 2 rings (SSSR count). The monoisotopic (exact) mass is 276 g/mol. The normalized spacial score (nSPS) is 10.5. The molecule has 1 aromatic heterocycles. The van der Waals surface area contributed by atoms with Gasteiger partial charge in [-0.3, -0.25) is 0 Å². The Morgan fingerprint density at radius 3 is 2.68 bits per heavy atom. The topological polar surface area (TPSA) is 65.2 Å². The zero-order valence-electron chi connectivity index (χ0n) is 11.2. The molecule has 0 bridgehead atoms. The molecular weight excluding hydrogens is 260 g/mol. The second-order valence-electron chi connectivity index (χ2n) is 4.36. The van der Waals surface area contributed by atoms with Crippen LogP contribution in [0, 0.1) is 20.8 Å². The third-order valence-corrected chi connectivity index (χ3v) is 3.96. The van der Waals surface area contributed by atoms with Gasteiger partial charge in [-0.25, -0.2) is 9.78 Å². The van der Waals surface area contributed by atoms with Crippen molar-refractivity contribution in [1.82, 2.24) is 4.98 Å². The zero-order chi connectivity index (χ0) is 14.0. The van der Waals surface area contributed by atoms with Crippen molar-refractivity contribution in [3.63, 3.8) is 0 Å². The van der Waals surface area contributed by atoms with Crippen molar-refractivity contribution in [2.75, 3.05) is 5.73 Å². The van der Waals surface area contributed by atoms with Crippen LogP contribution in [0.2, 0.25) is 0 Å². The number of nitrogens with zero attached hydrogens (tertiary/aromatic N) is 1. The Bertz CT molecular complexity index is 580. The van der Waals surface area contributed by atoms with Gasteiger partial charge in [-0.1, -0.05) is 12.1 Å². The molecule has 2 N–H and O–H groups in total. The number of carbonyl (C=O) groups is 1. The van der Waals surface area contributed by atoms with E-state index in [-0.39, 0.29) is 6.61 Å².